The molecule has 0 saturated carbocycles. The first-order chi connectivity index (χ1) is 13.8. The first-order valence-corrected chi connectivity index (χ1v) is 9.35. The van der Waals surface area contributed by atoms with Crippen LogP contribution in [-0.4, -0.2) is 38.7 Å². The number of benzene rings is 2. The molecule has 10 heteroatoms. The van der Waals surface area contributed by atoms with E-state index in [1.807, 2.05) is 0 Å². The second-order valence-corrected chi connectivity index (χ2v) is 8.27. The zero-order valence-electron chi connectivity index (χ0n) is 16.1. The number of rotatable bonds is 6. The number of alkyl halides is 3. The van der Waals surface area contributed by atoms with Crippen molar-refractivity contribution in [2.75, 3.05) is 11.9 Å². The fraction of sp³-hybridized carbons (Fsp3) is 0.350. The van der Waals surface area contributed by atoms with Crippen LogP contribution >= 0.6 is 11.6 Å². The van der Waals surface area contributed by atoms with Gasteiger partial charge in [0.05, 0.1) is 23.3 Å². The molecule has 0 radical (unpaired) electrons. The summed E-state index contributed by atoms with van der Waals surface area (Å²) >= 11 is 5.62. The summed E-state index contributed by atoms with van der Waals surface area (Å²) in [5.74, 6) is -1.33. The lowest BCUT2D eigenvalue weighted by Crippen LogP contribution is -2.53. The van der Waals surface area contributed by atoms with Crippen molar-refractivity contribution in [2.24, 2.45) is 0 Å². The number of hydrogen-bond donors (Lipinski definition) is 4. The standard InChI is InChI=1S/C20H20ClF4N3O2/c1-18(2,12-6-14(22)13(21)7-17(12)29)9-19(30,20(23,24)25)10-26-15-4-3-5-16-11(15)8-27-28-16/h3-8,26,29-30H,9-10H2,1-2H3,(H,27,28). The van der Waals surface area contributed by atoms with Gasteiger partial charge in [0.1, 0.15) is 11.6 Å². The average molecular weight is 446 g/mol. The molecule has 0 spiro atoms. The number of aromatic nitrogens is 2. The number of nitrogens with one attached hydrogen (secondary N) is 2. The van der Waals surface area contributed by atoms with E-state index in [-0.39, 0.29) is 10.6 Å². The van der Waals surface area contributed by atoms with Crippen LogP contribution in [0.15, 0.2) is 36.5 Å². The number of phenols is 1. The summed E-state index contributed by atoms with van der Waals surface area (Å²) in [6.07, 6.45) is -4.38. The summed E-state index contributed by atoms with van der Waals surface area (Å²) in [6.45, 7) is 1.90. The first kappa shape index (κ1) is 22.2. The van der Waals surface area contributed by atoms with Gasteiger partial charge in [-0.15, -0.1) is 0 Å². The SMILES string of the molecule is CC(C)(CC(O)(CNc1cccc2[nH]ncc12)C(F)(F)F)c1cc(F)c(Cl)cc1O. The van der Waals surface area contributed by atoms with Crippen molar-refractivity contribution in [3.63, 3.8) is 0 Å². The predicted octanol–water partition coefficient (Wildman–Crippen LogP) is 5.13. The molecule has 0 aliphatic heterocycles. The minimum absolute atomic E-state index is 0.0935. The maximum atomic E-state index is 13.9. The van der Waals surface area contributed by atoms with Gasteiger partial charge in [0, 0.05) is 22.7 Å². The number of phenolic OH excluding ortho intramolecular Hbond substituents is 1. The van der Waals surface area contributed by atoms with Crippen molar-refractivity contribution < 1.29 is 27.8 Å². The monoisotopic (exact) mass is 445 g/mol. The number of aromatic hydroxyl groups is 1. The van der Waals surface area contributed by atoms with Gasteiger partial charge in [0.15, 0.2) is 5.60 Å². The molecule has 3 aromatic rings. The number of aliphatic hydroxyl groups is 1. The van der Waals surface area contributed by atoms with E-state index in [9.17, 15) is 27.8 Å². The molecule has 5 nitrogen and oxygen atoms in total. The first-order valence-electron chi connectivity index (χ1n) is 8.98. The van der Waals surface area contributed by atoms with Crippen LogP contribution in [0.25, 0.3) is 10.9 Å². The van der Waals surface area contributed by atoms with Gasteiger partial charge < -0.3 is 15.5 Å². The minimum Gasteiger partial charge on any atom is -0.508 e. The van der Waals surface area contributed by atoms with E-state index in [4.69, 9.17) is 11.6 Å². The summed E-state index contributed by atoms with van der Waals surface area (Å²) in [5.41, 5.74) is -3.72. The summed E-state index contributed by atoms with van der Waals surface area (Å²) in [5, 5.41) is 30.2. The Bertz CT molecular complexity index is 1070. The van der Waals surface area contributed by atoms with Crippen LogP contribution in [0.4, 0.5) is 23.2 Å². The van der Waals surface area contributed by atoms with Crippen molar-refractivity contribution in [1.29, 1.82) is 0 Å². The van der Waals surface area contributed by atoms with Gasteiger partial charge in [-0.3, -0.25) is 5.10 Å². The topological polar surface area (TPSA) is 81.2 Å². The summed E-state index contributed by atoms with van der Waals surface area (Å²) in [4.78, 5) is 0. The maximum Gasteiger partial charge on any atom is 0.418 e. The molecule has 162 valence electrons. The quantitative estimate of drug-likeness (QED) is 0.396. The Balaban J connectivity index is 1.92. The third-order valence-electron chi connectivity index (χ3n) is 5.09. The van der Waals surface area contributed by atoms with E-state index in [1.54, 1.807) is 18.2 Å². The smallest absolute Gasteiger partial charge is 0.418 e. The highest BCUT2D eigenvalue weighted by molar-refractivity contribution is 6.30. The molecule has 0 aliphatic rings. The van der Waals surface area contributed by atoms with Crippen LogP contribution in [0.5, 0.6) is 5.75 Å². The van der Waals surface area contributed by atoms with Crippen molar-refractivity contribution in [1.82, 2.24) is 10.2 Å². The molecule has 4 N–H and O–H groups in total. The number of halogens is 5. The Hall–Kier alpha value is -2.52. The Morgan fingerprint density at radius 1 is 1.20 bits per heavy atom. The second kappa shape index (κ2) is 7.63. The average Bonchev–Trinajstić information content (AvgIpc) is 3.11. The number of aromatic amines is 1. The molecule has 0 fully saturated rings. The number of H-pyrrole nitrogens is 1. The fourth-order valence-electron chi connectivity index (χ4n) is 3.53. The van der Waals surface area contributed by atoms with E-state index in [2.05, 4.69) is 15.5 Å². The van der Waals surface area contributed by atoms with Gasteiger partial charge in [-0.2, -0.15) is 18.3 Å². The molecule has 1 unspecified atom stereocenters. The normalized spacial score (nSPS) is 14.7. The van der Waals surface area contributed by atoms with Gasteiger partial charge in [-0.25, -0.2) is 4.39 Å². The second-order valence-electron chi connectivity index (χ2n) is 7.86. The van der Waals surface area contributed by atoms with Crippen molar-refractivity contribution in [3.8, 4) is 5.75 Å². The van der Waals surface area contributed by atoms with Crippen LogP contribution in [0.2, 0.25) is 5.02 Å². The van der Waals surface area contributed by atoms with Crippen LogP contribution in [-0.2, 0) is 5.41 Å². The van der Waals surface area contributed by atoms with E-state index in [0.717, 1.165) is 12.1 Å². The lowest BCUT2D eigenvalue weighted by molar-refractivity contribution is -0.260. The Labute approximate surface area is 174 Å². The largest absolute Gasteiger partial charge is 0.508 e. The van der Waals surface area contributed by atoms with Gasteiger partial charge in [-0.1, -0.05) is 31.5 Å². The predicted molar refractivity (Wildman–Crippen MR) is 106 cm³/mol. The van der Waals surface area contributed by atoms with Crippen molar-refractivity contribution in [2.45, 2.75) is 37.5 Å². The summed E-state index contributed by atoms with van der Waals surface area (Å²) in [7, 11) is 0. The van der Waals surface area contributed by atoms with Gasteiger partial charge >= 0.3 is 6.18 Å². The molecule has 0 saturated heterocycles. The lowest BCUT2D eigenvalue weighted by atomic mass is 9.74. The zero-order chi connectivity index (χ0) is 22.3. The van der Waals surface area contributed by atoms with Gasteiger partial charge in [-0.05, 0) is 30.0 Å². The molecular formula is C20H20ClF4N3O2. The number of nitrogens with zero attached hydrogens (tertiary/aromatic N) is 1. The summed E-state index contributed by atoms with van der Waals surface area (Å²) < 4.78 is 55.5. The number of fused-ring (bicyclic) bond motifs is 1. The van der Waals surface area contributed by atoms with E-state index in [0.29, 0.717) is 16.6 Å². The molecule has 3 rings (SSSR count). The third-order valence-corrected chi connectivity index (χ3v) is 5.38. The van der Waals surface area contributed by atoms with E-state index < -0.39 is 41.7 Å². The van der Waals surface area contributed by atoms with Crippen LogP contribution in [0.3, 0.4) is 0 Å². The van der Waals surface area contributed by atoms with Crippen molar-refractivity contribution in [3.05, 3.63) is 52.9 Å². The maximum absolute atomic E-state index is 13.9. The van der Waals surface area contributed by atoms with E-state index in [1.165, 1.54) is 20.0 Å². The number of hydrogen-bond acceptors (Lipinski definition) is 4. The van der Waals surface area contributed by atoms with Crippen molar-refractivity contribution >= 4 is 28.2 Å². The highest BCUT2D eigenvalue weighted by Gasteiger charge is 2.56. The molecule has 1 atom stereocenters. The fourth-order valence-corrected chi connectivity index (χ4v) is 3.69. The van der Waals surface area contributed by atoms with E-state index >= 15 is 0 Å². The van der Waals surface area contributed by atoms with Crippen LogP contribution in [0, 0.1) is 5.82 Å². The third kappa shape index (κ3) is 4.17. The molecule has 0 aliphatic carbocycles. The molecule has 1 aromatic heterocycles. The minimum atomic E-state index is -5.00. The highest BCUT2D eigenvalue weighted by atomic mass is 35.5. The molecule has 1 heterocycles. The summed E-state index contributed by atoms with van der Waals surface area (Å²) in [6, 6.07) is 6.73. The lowest BCUT2D eigenvalue weighted by Gasteiger charge is -2.38. The van der Waals surface area contributed by atoms with Gasteiger partial charge in [0.2, 0.25) is 0 Å². The molecule has 2 aromatic carbocycles. The molecule has 0 bridgehead atoms. The Kier molecular flexibility index (Phi) is 5.64. The Morgan fingerprint density at radius 3 is 2.57 bits per heavy atom. The highest BCUT2D eigenvalue weighted by Crippen LogP contribution is 2.44. The zero-order valence-corrected chi connectivity index (χ0v) is 16.9. The van der Waals surface area contributed by atoms with Crippen LogP contribution < -0.4 is 5.32 Å². The number of anilines is 1. The molecule has 0 amide bonds. The van der Waals surface area contributed by atoms with Crippen LogP contribution in [0.1, 0.15) is 25.8 Å². The van der Waals surface area contributed by atoms with Gasteiger partial charge in [0.25, 0.3) is 0 Å². The molecular weight excluding hydrogens is 426 g/mol. The molecule has 30 heavy (non-hydrogen) atoms. The Morgan fingerprint density at radius 2 is 1.90 bits per heavy atom.